The van der Waals surface area contributed by atoms with Crippen LogP contribution in [-0.4, -0.2) is 105 Å². The Hall–Kier alpha value is -7.07. The van der Waals surface area contributed by atoms with Crippen molar-refractivity contribution in [2.45, 2.75) is 117 Å². The topological polar surface area (TPSA) is 113 Å². The van der Waals surface area contributed by atoms with Gasteiger partial charge in [-0.1, -0.05) is 109 Å². The highest BCUT2D eigenvalue weighted by Crippen LogP contribution is 2.30. The van der Waals surface area contributed by atoms with E-state index in [0.717, 1.165) is 109 Å². The van der Waals surface area contributed by atoms with Crippen molar-refractivity contribution in [1.29, 1.82) is 0 Å². The summed E-state index contributed by atoms with van der Waals surface area (Å²) in [5.74, 6) is 2.26. The number of ether oxygens (including phenoxy) is 2. The van der Waals surface area contributed by atoms with Gasteiger partial charge in [-0.15, -0.1) is 0 Å². The number of methoxy groups -OCH3 is 1. The molecular weight excluding hydrogens is 1060 g/mol. The molecular formula is C70H85ClN10O3. The average Bonchev–Trinajstić information content (AvgIpc) is 4.39. The van der Waals surface area contributed by atoms with E-state index in [9.17, 15) is 0 Å². The zero-order chi connectivity index (χ0) is 57.9. The summed E-state index contributed by atoms with van der Waals surface area (Å²) in [6, 6.07) is 56.9. The van der Waals surface area contributed by atoms with Crippen LogP contribution in [0.1, 0.15) is 90.3 Å². The van der Waals surface area contributed by atoms with Crippen LogP contribution in [0.3, 0.4) is 0 Å². The van der Waals surface area contributed by atoms with E-state index in [1.54, 1.807) is 7.11 Å². The molecule has 9 aromatic rings. The highest BCUT2D eigenvalue weighted by atomic mass is 35.5. The van der Waals surface area contributed by atoms with Gasteiger partial charge in [-0.2, -0.15) is 0 Å². The predicted molar refractivity (Wildman–Crippen MR) is 340 cm³/mol. The Morgan fingerprint density at radius 1 is 0.548 bits per heavy atom. The molecule has 0 amide bonds. The molecule has 3 saturated heterocycles. The zero-order valence-corrected chi connectivity index (χ0v) is 50.4. The summed E-state index contributed by atoms with van der Waals surface area (Å²) in [5.41, 5.74) is 13.0. The second-order valence-electron chi connectivity index (χ2n) is 22.7. The summed E-state index contributed by atoms with van der Waals surface area (Å²) >= 11 is 5.97. The van der Waals surface area contributed by atoms with Gasteiger partial charge in [-0.05, 0) is 199 Å². The Labute approximate surface area is 502 Å². The number of likely N-dealkylation sites (tertiary alicyclic amines) is 3. The number of aryl methyl sites for hydroxylation is 2. The third-order valence-electron chi connectivity index (χ3n) is 16.9. The maximum Gasteiger partial charge on any atom is 0.161 e. The molecule has 0 saturated carbocycles. The van der Waals surface area contributed by atoms with E-state index in [1.807, 2.05) is 50.5 Å². The first-order valence-electron chi connectivity index (χ1n) is 30.3. The summed E-state index contributed by atoms with van der Waals surface area (Å²) in [6.45, 7) is 19.4. The van der Waals surface area contributed by atoms with Gasteiger partial charge < -0.3 is 39.4 Å². The Bertz CT molecular complexity index is 3320. The lowest BCUT2D eigenvalue weighted by Crippen LogP contribution is -2.42. The Kier molecular flexibility index (Phi) is 21.9. The monoisotopic (exact) mass is 1150 g/mol. The van der Waals surface area contributed by atoms with Crippen molar-refractivity contribution >= 4 is 22.6 Å². The lowest BCUT2D eigenvalue weighted by Gasteiger charge is -2.32. The third kappa shape index (κ3) is 17.3. The molecule has 6 aromatic carbocycles. The van der Waals surface area contributed by atoms with Crippen LogP contribution in [0.5, 0.6) is 11.5 Å². The van der Waals surface area contributed by atoms with Crippen LogP contribution < -0.4 is 25.4 Å². The number of benzene rings is 6. The molecule has 0 bridgehead atoms. The fourth-order valence-corrected chi connectivity index (χ4v) is 11.7. The minimum Gasteiger partial charge on any atom is -0.493 e. The number of imidazole rings is 1. The van der Waals surface area contributed by atoms with Crippen LogP contribution in [0, 0.1) is 13.8 Å². The van der Waals surface area contributed by atoms with Gasteiger partial charge in [0.15, 0.2) is 11.5 Å². The predicted octanol–water partition coefficient (Wildman–Crippen LogP) is 13.1. The number of fused-ring (bicyclic) bond motifs is 1. The minimum atomic E-state index is 0.413. The van der Waals surface area contributed by atoms with Gasteiger partial charge in [0.2, 0.25) is 0 Å². The van der Waals surface area contributed by atoms with Crippen molar-refractivity contribution in [2.24, 2.45) is 0 Å². The first-order chi connectivity index (χ1) is 41.2. The molecule has 13 nitrogen and oxygen atoms in total. The molecule has 3 fully saturated rings. The smallest absolute Gasteiger partial charge is 0.161 e. The molecule has 0 radical (unpaired) electrons. The maximum absolute atomic E-state index is 5.99. The first-order valence-corrected chi connectivity index (χ1v) is 30.7. The molecule has 12 rings (SSSR count). The van der Waals surface area contributed by atoms with Crippen molar-refractivity contribution in [2.75, 3.05) is 52.9 Å². The Morgan fingerprint density at radius 3 is 1.62 bits per heavy atom. The van der Waals surface area contributed by atoms with E-state index >= 15 is 0 Å². The van der Waals surface area contributed by atoms with Gasteiger partial charge in [0, 0.05) is 79.6 Å². The minimum absolute atomic E-state index is 0.413. The highest BCUT2D eigenvalue weighted by Gasteiger charge is 2.22. The van der Waals surface area contributed by atoms with E-state index in [2.05, 4.69) is 197 Å². The molecule has 3 aromatic heterocycles. The van der Waals surface area contributed by atoms with Gasteiger partial charge in [0.05, 0.1) is 29.4 Å². The molecule has 3 aliphatic heterocycles. The van der Waals surface area contributed by atoms with Gasteiger partial charge in [-0.25, -0.2) is 4.98 Å². The van der Waals surface area contributed by atoms with Crippen LogP contribution in [0.2, 0.25) is 5.02 Å². The quantitative estimate of drug-likeness (QED) is 0.0678. The summed E-state index contributed by atoms with van der Waals surface area (Å²) in [7, 11) is 1.68. The number of para-hydroxylation sites is 2. The molecule has 3 aliphatic rings. The van der Waals surface area contributed by atoms with E-state index in [-0.39, 0.29) is 0 Å². The number of nitrogens with zero attached hydrogens (tertiary/aromatic N) is 7. The molecule has 3 N–H and O–H groups in total. The number of nitrogens with one attached hydrogen (secondary N) is 3. The normalized spacial score (nSPS) is 15.8. The number of piperidine rings is 3. The molecule has 0 unspecified atom stereocenters. The Morgan fingerprint density at radius 2 is 1.06 bits per heavy atom. The molecule has 0 spiro atoms. The van der Waals surface area contributed by atoms with Crippen LogP contribution in [-0.2, 0) is 39.3 Å². The number of hydrogen-bond donors (Lipinski definition) is 3. The van der Waals surface area contributed by atoms with E-state index in [1.165, 1.54) is 91.7 Å². The molecule has 14 heteroatoms. The molecule has 0 atom stereocenters. The fourth-order valence-electron chi connectivity index (χ4n) is 11.6. The average molecular weight is 1150 g/mol. The van der Waals surface area contributed by atoms with Crippen molar-refractivity contribution in [3.63, 3.8) is 0 Å². The number of halogens is 1. The van der Waals surface area contributed by atoms with Gasteiger partial charge in [0.25, 0.3) is 0 Å². The van der Waals surface area contributed by atoms with Crippen molar-refractivity contribution in [1.82, 2.24) is 49.9 Å². The molecule has 440 valence electrons. The summed E-state index contributed by atoms with van der Waals surface area (Å²) < 4.78 is 21.1. The summed E-state index contributed by atoms with van der Waals surface area (Å²) in [6.07, 6.45) is 13.3. The van der Waals surface area contributed by atoms with Crippen molar-refractivity contribution in [3.05, 3.63) is 226 Å². The van der Waals surface area contributed by atoms with Crippen LogP contribution in [0.4, 0.5) is 0 Å². The van der Waals surface area contributed by atoms with Gasteiger partial charge >= 0.3 is 0 Å². The highest BCUT2D eigenvalue weighted by molar-refractivity contribution is 6.30. The maximum atomic E-state index is 5.99. The lowest BCUT2D eigenvalue weighted by molar-refractivity contribution is 0.190. The standard InChI is InChI=1S/C26H33N3O3.C23H26ClN3.C21H26N4/c1-19-24(20(2)32-28-19)18-31-25-10-9-22(15-26(25)30-3)16-27-23-11-13-29(14-12-23)17-21-7-5-4-6-8-21;24-21-7-3-20(4-8-21)18-26-15-11-22(12-16-26)25-17-19-5-9-23(10-6-19)27-13-1-2-14-27;1-2-24-13-11-18(12-14-24)22-15-17-7-9-19(10-8-17)25-16-23-20-5-3-4-6-21(20)25/h4-10,15,23,27H,11-14,16-18H2,1-3H3;1-10,13-14,22,25H,11-12,15-18H2;3-10,16,18,22H,2,11-15H2,1H3. The molecule has 0 aliphatic carbocycles. The van der Waals surface area contributed by atoms with Crippen LogP contribution in [0.15, 0.2) is 181 Å². The van der Waals surface area contributed by atoms with E-state index < -0.39 is 0 Å². The zero-order valence-electron chi connectivity index (χ0n) is 49.6. The van der Waals surface area contributed by atoms with E-state index in [0.29, 0.717) is 24.7 Å². The summed E-state index contributed by atoms with van der Waals surface area (Å²) in [4.78, 5) is 12.1. The largest absolute Gasteiger partial charge is 0.493 e. The first kappa shape index (κ1) is 60.1. The number of hydrogen-bond acceptors (Lipinski definition) is 11. The third-order valence-corrected chi connectivity index (χ3v) is 17.1. The lowest BCUT2D eigenvalue weighted by atomic mass is 10.0. The molecule has 84 heavy (non-hydrogen) atoms. The second kappa shape index (κ2) is 30.7. The second-order valence-corrected chi connectivity index (χ2v) is 23.1. The van der Waals surface area contributed by atoms with E-state index in [4.69, 9.17) is 25.6 Å². The number of rotatable bonds is 20. The van der Waals surface area contributed by atoms with Gasteiger partial charge in [-0.3, -0.25) is 14.4 Å². The Balaban J connectivity index is 0.000000142. The number of aromatic nitrogens is 4. The summed E-state index contributed by atoms with van der Waals surface area (Å²) in [5, 5.41) is 16.0. The fraction of sp³-hybridized carbons (Fsp3) is 0.371. The van der Waals surface area contributed by atoms with Crippen LogP contribution in [0.25, 0.3) is 22.4 Å². The van der Waals surface area contributed by atoms with Crippen LogP contribution >= 0.6 is 11.6 Å². The van der Waals surface area contributed by atoms with Crippen molar-refractivity contribution < 1.29 is 14.0 Å². The molecule has 6 heterocycles. The SMILES string of the molecule is CCN1CCC(NCc2ccc(-n3cnc4ccccc43)cc2)CC1.COc1cc(CNC2CCN(Cc3ccccc3)CC2)ccc1OCc1c(C)noc1C.Clc1ccc(CN2CCC(NCc3ccc(-n4cccc4)cc3)CC2)cc1. The van der Waals surface area contributed by atoms with Crippen molar-refractivity contribution in [3.8, 4) is 22.9 Å². The van der Waals surface area contributed by atoms with Gasteiger partial charge in [0.1, 0.15) is 18.7 Å².